The second-order valence-corrected chi connectivity index (χ2v) is 7.12. The lowest BCUT2D eigenvalue weighted by atomic mass is 9.95. The van der Waals surface area contributed by atoms with Gasteiger partial charge < -0.3 is 24.4 Å². The molecule has 0 saturated heterocycles. The van der Waals surface area contributed by atoms with Gasteiger partial charge in [0, 0.05) is 17.7 Å². The fourth-order valence-electron chi connectivity index (χ4n) is 3.56. The molecule has 2 N–H and O–H groups in total. The van der Waals surface area contributed by atoms with Gasteiger partial charge in [0.2, 0.25) is 5.88 Å². The fraction of sp³-hybridized carbons (Fsp3) is 0.208. The molecule has 1 heterocycles. The Hall–Kier alpha value is -3.94. The van der Waals surface area contributed by atoms with Gasteiger partial charge in [0.15, 0.2) is 5.69 Å². The number of pyridine rings is 1. The quantitative estimate of drug-likeness (QED) is 0.345. The average Bonchev–Trinajstić information content (AvgIpc) is 2.82. The van der Waals surface area contributed by atoms with Crippen molar-refractivity contribution in [3.63, 3.8) is 0 Å². The third kappa shape index (κ3) is 5.28. The van der Waals surface area contributed by atoms with Gasteiger partial charge >= 0.3 is 5.97 Å². The number of aromatic carboxylic acids is 1. The molecule has 2 aromatic carbocycles. The predicted octanol–water partition coefficient (Wildman–Crippen LogP) is 4.70. The fourth-order valence-corrected chi connectivity index (χ4v) is 3.67. The molecule has 33 heavy (non-hydrogen) atoms. The summed E-state index contributed by atoms with van der Waals surface area (Å²) in [4.78, 5) is 19.1. The molecular formula is C24H22N2O6S. The molecule has 3 aromatic rings. The summed E-state index contributed by atoms with van der Waals surface area (Å²) in [6.45, 7) is 0. The Morgan fingerprint density at radius 1 is 1.03 bits per heavy atom. The number of carboxylic acid groups (broad SMARTS) is 1. The van der Waals surface area contributed by atoms with E-state index in [4.69, 9.17) is 14.2 Å². The van der Waals surface area contributed by atoms with E-state index in [1.807, 2.05) is 24.3 Å². The van der Waals surface area contributed by atoms with E-state index in [2.05, 4.69) is 27.4 Å². The van der Waals surface area contributed by atoms with E-state index in [-0.39, 0.29) is 5.69 Å². The third-order valence-electron chi connectivity index (χ3n) is 5.05. The summed E-state index contributed by atoms with van der Waals surface area (Å²) in [6, 6.07) is 12.0. The number of nitrogens with zero attached hydrogens (tertiary/aromatic N) is 2. The van der Waals surface area contributed by atoms with Gasteiger partial charge in [-0.3, -0.25) is 0 Å². The van der Waals surface area contributed by atoms with Crippen molar-refractivity contribution in [3.8, 4) is 34.3 Å². The normalized spacial score (nSPS) is 10.3. The summed E-state index contributed by atoms with van der Waals surface area (Å²) in [5.41, 5.74) is 3.13. The number of isothiocyanates is 1. The molecule has 0 radical (unpaired) electrons. The lowest BCUT2D eigenvalue weighted by molar-refractivity contribution is 0.0689. The van der Waals surface area contributed by atoms with Gasteiger partial charge in [0.25, 0.3) is 0 Å². The second-order valence-electron chi connectivity index (χ2n) is 6.94. The van der Waals surface area contributed by atoms with Crippen molar-refractivity contribution in [2.75, 3.05) is 21.3 Å². The molecule has 0 atom stereocenters. The second kappa shape index (κ2) is 10.6. The zero-order valence-electron chi connectivity index (χ0n) is 18.3. The monoisotopic (exact) mass is 466 g/mol. The molecule has 9 heteroatoms. The van der Waals surface area contributed by atoms with E-state index in [9.17, 15) is 15.0 Å². The SMILES string of the molecule is COc1cc(OC)c(-c2cc(O)nc(C(=O)O)c2)c(OC)c1CCc1ccc(N=C=S)cc1. The number of hydrogen-bond donors (Lipinski definition) is 2. The molecule has 1 aromatic heterocycles. The van der Waals surface area contributed by atoms with Gasteiger partial charge in [0.1, 0.15) is 17.2 Å². The lowest BCUT2D eigenvalue weighted by Crippen LogP contribution is -2.05. The van der Waals surface area contributed by atoms with E-state index in [1.54, 1.807) is 13.2 Å². The summed E-state index contributed by atoms with van der Waals surface area (Å²) in [5.74, 6) is -0.274. The molecule has 8 nitrogen and oxygen atoms in total. The first-order chi connectivity index (χ1) is 15.9. The van der Waals surface area contributed by atoms with Crippen LogP contribution in [0.25, 0.3) is 11.1 Å². The Kier molecular flexibility index (Phi) is 7.61. The highest BCUT2D eigenvalue weighted by atomic mass is 32.1. The zero-order chi connectivity index (χ0) is 24.0. The number of ether oxygens (including phenoxy) is 3. The number of benzene rings is 2. The Balaban J connectivity index is 2.11. The number of aliphatic imine (C=N–C) groups is 1. The van der Waals surface area contributed by atoms with Crippen LogP contribution in [0.3, 0.4) is 0 Å². The highest BCUT2D eigenvalue weighted by Gasteiger charge is 2.23. The molecule has 170 valence electrons. The summed E-state index contributed by atoms with van der Waals surface area (Å²) in [5, 5.41) is 21.7. The number of aryl methyl sites for hydroxylation is 1. The van der Waals surface area contributed by atoms with Crippen molar-refractivity contribution in [1.29, 1.82) is 0 Å². The highest BCUT2D eigenvalue weighted by Crippen LogP contribution is 2.46. The number of hydrogen-bond acceptors (Lipinski definition) is 8. The first kappa shape index (κ1) is 23.7. The van der Waals surface area contributed by atoms with E-state index in [1.165, 1.54) is 26.4 Å². The van der Waals surface area contributed by atoms with Crippen LogP contribution in [0.15, 0.2) is 47.5 Å². The van der Waals surface area contributed by atoms with Crippen molar-refractivity contribution in [2.45, 2.75) is 12.8 Å². The predicted molar refractivity (Wildman–Crippen MR) is 126 cm³/mol. The van der Waals surface area contributed by atoms with E-state index >= 15 is 0 Å². The molecular weight excluding hydrogens is 444 g/mol. The number of carbonyl (C=O) groups is 1. The summed E-state index contributed by atoms with van der Waals surface area (Å²) in [6.07, 6.45) is 1.23. The van der Waals surface area contributed by atoms with Crippen LogP contribution < -0.4 is 14.2 Å². The van der Waals surface area contributed by atoms with Gasteiger partial charge in [-0.05, 0) is 54.4 Å². The topological polar surface area (TPSA) is 110 Å². The molecule has 0 spiro atoms. The average molecular weight is 467 g/mol. The number of thiocarbonyl (C=S) groups is 1. The number of methoxy groups -OCH3 is 3. The molecule has 0 aliphatic carbocycles. The Morgan fingerprint density at radius 2 is 1.73 bits per heavy atom. The maximum Gasteiger partial charge on any atom is 0.354 e. The maximum atomic E-state index is 11.5. The minimum Gasteiger partial charge on any atom is -0.496 e. The van der Waals surface area contributed by atoms with E-state index in [0.717, 1.165) is 16.8 Å². The minimum atomic E-state index is -1.26. The lowest BCUT2D eigenvalue weighted by Gasteiger charge is -2.20. The van der Waals surface area contributed by atoms with E-state index < -0.39 is 11.8 Å². The van der Waals surface area contributed by atoms with Crippen LogP contribution in [0.4, 0.5) is 5.69 Å². The van der Waals surface area contributed by atoms with Gasteiger partial charge in [-0.2, -0.15) is 4.99 Å². The summed E-state index contributed by atoms with van der Waals surface area (Å²) in [7, 11) is 4.55. The number of aromatic hydroxyl groups is 1. The zero-order valence-corrected chi connectivity index (χ0v) is 19.1. The van der Waals surface area contributed by atoms with Crippen molar-refractivity contribution < 1.29 is 29.2 Å². The Labute approximate surface area is 196 Å². The first-order valence-corrected chi connectivity index (χ1v) is 10.3. The number of aromatic nitrogens is 1. The van der Waals surface area contributed by atoms with E-state index in [0.29, 0.717) is 41.2 Å². The van der Waals surface area contributed by atoms with Gasteiger partial charge in [0.05, 0.1) is 37.7 Å². The van der Waals surface area contributed by atoms with Gasteiger partial charge in [-0.15, -0.1) is 0 Å². The van der Waals surface area contributed by atoms with Gasteiger partial charge in [-0.1, -0.05) is 12.1 Å². The van der Waals surface area contributed by atoms with Crippen molar-refractivity contribution in [2.24, 2.45) is 4.99 Å². The molecule has 0 unspecified atom stereocenters. The van der Waals surface area contributed by atoms with Crippen LogP contribution >= 0.6 is 12.2 Å². The highest BCUT2D eigenvalue weighted by molar-refractivity contribution is 7.78. The Morgan fingerprint density at radius 3 is 2.30 bits per heavy atom. The summed E-state index contributed by atoms with van der Waals surface area (Å²) >= 11 is 4.63. The van der Waals surface area contributed by atoms with Gasteiger partial charge in [-0.25, -0.2) is 9.78 Å². The minimum absolute atomic E-state index is 0.300. The van der Waals surface area contributed by atoms with Crippen LogP contribution in [-0.4, -0.2) is 47.7 Å². The van der Waals surface area contributed by atoms with Crippen LogP contribution in [0.1, 0.15) is 21.6 Å². The third-order valence-corrected chi connectivity index (χ3v) is 5.14. The van der Waals surface area contributed by atoms with Crippen LogP contribution in [-0.2, 0) is 12.8 Å². The van der Waals surface area contributed by atoms with Crippen molar-refractivity contribution in [3.05, 3.63) is 59.3 Å². The molecule has 0 bridgehead atoms. The smallest absolute Gasteiger partial charge is 0.354 e. The maximum absolute atomic E-state index is 11.5. The molecule has 0 aliphatic heterocycles. The van der Waals surface area contributed by atoms with Crippen molar-refractivity contribution in [1.82, 2.24) is 4.98 Å². The van der Waals surface area contributed by atoms with Crippen LogP contribution in [0.2, 0.25) is 0 Å². The molecule has 0 fully saturated rings. The summed E-state index contributed by atoms with van der Waals surface area (Å²) < 4.78 is 16.9. The molecule has 3 rings (SSSR count). The molecule has 0 aliphatic rings. The Bertz CT molecular complexity index is 1220. The first-order valence-electron chi connectivity index (χ1n) is 9.85. The van der Waals surface area contributed by atoms with Crippen LogP contribution in [0, 0.1) is 0 Å². The molecule has 0 saturated carbocycles. The largest absolute Gasteiger partial charge is 0.496 e. The number of carboxylic acids is 1. The standard InChI is InChI=1S/C24H22N2O6S/c1-30-19-12-20(31-2)22(15-10-18(24(28)29)26-21(27)11-15)23(32-3)17(19)9-6-14-4-7-16(8-5-14)25-13-33/h4-5,7-8,10-12H,6,9H2,1-3H3,(H,26,27)(H,28,29). The number of rotatable bonds is 9. The van der Waals surface area contributed by atoms with Crippen LogP contribution in [0.5, 0.6) is 23.1 Å². The molecule has 0 amide bonds. The van der Waals surface area contributed by atoms with Crippen molar-refractivity contribution >= 4 is 29.0 Å².